The maximum Gasteiger partial charge on any atom is 0.260 e. The number of hydrogen-bond donors (Lipinski definition) is 1. The lowest BCUT2D eigenvalue weighted by atomic mass is 10.1. The lowest BCUT2D eigenvalue weighted by Gasteiger charge is -2.19. The summed E-state index contributed by atoms with van der Waals surface area (Å²) in [5.74, 6) is 2.40. The molecule has 10 nitrogen and oxygen atoms in total. The molecule has 0 saturated heterocycles. The maximum atomic E-state index is 13.2. The van der Waals surface area contributed by atoms with Crippen LogP contribution >= 0.6 is 12.6 Å². The molecule has 0 fully saturated rings. The molecule has 0 spiro atoms. The van der Waals surface area contributed by atoms with E-state index in [0.717, 1.165) is 36.8 Å². The number of benzene rings is 2. The topological polar surface area (TPSA) is 102 Å². The van der Waals surface area contributed by atoms with Crippen molar-refractivity contribution in [2.24, 2.45) is 9.98 Å². The monoisotopic (exact) mass is 618 g/mol. The van der Waals surface area contributed by atoms with Crippen molar-refractivity contribution in [3.8, 4) is 23.0 Å². The van der Waals surface area contributed by atoms with Gasteiger partial charge in [-0.15, -0.1) is 0 Å². The van der Waals surface area contributed by atoms with Gasteiger partial charge in [-0.3, -0.25) is 19.6 Å². The van der Waals surface area contributed by atoms with E-state index in [1.54, 1.807) is 60.7 Å². The standard InChI is InChI=1S/C33H38N4O6S/c1-21-12-23-17-35-27-16-31(29(41-4)14-25(27)33(39)37(23)19-21)43-11-7-5-6-10-42-30-15-26-24(13-28(30)40-3)32(38)36(9-8-34-26)18-22(2)20-44/h8,13-19,23,44H,5-7,9-12,20H2,1-4H3/b22-18-. The molecule has 5 rings (SSSR count). The van der Waals surface area contributed by atoms with Crippen LogP contribution in [0.2, 0.25) is 0 Å². The first kappa shape index (κ1) is 31.2. The first-order valence-electron chi connectivity index (χ1n) is 14.7. The third-order valence-electron chi connectivity index (χ3n) is 7.59. The Morgan fingerprint density at radius 3 is 2.14 bits per heavy atom. The Hall–Kier alpha value is -4.25. The van der Waals surface area contributed by atoms with Crippen molar-refractivity contribution in [2.75, 3.05) is 39.7 Å². The number of nitrogens with zero attached hydrogens (tertiary/aromatic N) is 4. The largest absolute Gasteiger partial charge is 0.493 e. The molecule has 2 aromatic carbocycles. The highest BCUT2D eigenvalue weighted by atomic mass is 32.1. The van der Waals surface area contributed by atoms with E-state index in [2.05, 4.69) is 22.6 Å². The van der Waals surface area contributed by atoms with Gasteiger partial charge >= 0.3 is 0 Å². The molecule has 232 valence electrons. The smallest absolute Gasteiger partial charge is 0.260 e. The molecular weight excluding hydrogens is 580 g/mol. The molecule has 1 unspecified atom stereocenters. The van der Waals surface area contributed by atoms with Crippen molar-refractivity contribution in [3.05, 3.63) is 58.9 Å². The van der Waals surface area contributed by atoms with Crippen molar-refractivity contribution in [2.45, 2.75) is 45.6 Å². The number of aliphatic imine (C=N–C) groups is 2. The van der Waals surface area contributed by atoms with E-state index in [1.165, 1.54) is 0 Å². The van der Waals surface area contributed by atoms with E-state index in [0.29, 0.717) is 71.0 Å². The second-order valence-corrected chi connectivity index (χ2v) is 11.3. The zero-order chi connectivity index (χ0) is 31.2. The van der Waals surface area contributed by atoms with Gasteiger partial charge in [0.2, 0.25) is 0 Å². The van der Waals surface area contributed by atoms with Gasteiger partial charge in [-0.25, -0.2) is 0 Å². The predicted octanol–water partition coefficient (Wildman–Crippen LogP) is 6.16. The quantitative estimate of drug-likeness (QED) is 0.226. The van der Waals surface area contributed by atoms with E-state index in [9.17, 15) is 9.59 Å². The Kier molecular flexibility index (Phi) is 9.94. The number of carbonyl (C=O) groups excluding carboxylic acids is 2. The van der Waals surface area contributed by atoms with E-state index in [1.807, 2.05) is 26.3 Å². The van der Waals surface area contributed by atoms with Crippen LogP contribution in [0.3, 0.4) is 0 Å². The van der Waals surface area contributed by atoms with E-state index in [-0.39, 0.29) is 17.9 Å². The van der Waals surface area contributed by atoms with Crippen LogP contribution < -0.4 is 18.9 Å². The molecule has 0 saturated carbocycles. The van der Waals surface area contributed by atoms with Gasteiger partial charge in [-0.05, 0) is 57.2 Å². The summed E-state index contributed by atoms with van der Waals surface area (Å²) in [6.45, 7) is 5.26. The molecule has 3 heterocycles. The van der Waals surface area contributed by atoms with Gasteiger partial charge in [0.25, 0.3) is 11.8 Å². The summed E-state index contributed by atoms with van der Waals surface area (Å²) in [4.78, 5) is 38.8. The minimum absolute atomic E-state index is 0.0614. The van der Waals surface area contributed by atoms with Gasteiger partial charge in [0.05, 0.1) is 62.5 Å². The number of amides is 2. The highest BCUT2D eigenvalue weighted by molar-refractivity contribution is 7.80. The summed E-state index contributed by atoms with van der Waals surface area (Å²) in [6.07, 6.45) is 10.5. The average molecular weight is 619 g/mol. The molecule has 0 aliphatic carbocycles. The van der Waals surface area contributed by atoms with Crippen molar-refractivity contribution in [1.29, 1.82) is 0 Å². The molecule has 0 N–H and O–H groups in total. The van der Waals surface area contributed by atoms with Crippen LogP contribution in [0.4, 0.5) is 11.4 Å². The average Bonchev–Trinajstić information content (AvgIpc) is 3.28. The molecule has 0 radical (unpaired) electrons. The van der Waals surface area contributed by atoms with Crippen molar-refractivity contribution in [1.82, 2.24) is 9.80 Å². The van der Waals surface area contributed by atoms with Crippen LogP contribution in [-0.4, -0.2) is 79.8 Å². The SMILES string of the molecule is COc1cc2c(cc1OCCCCCOc1cc3c(cc1OC)C(=O)N1C=C(C)CC1C=N3)N=CCN(/C=C(/C)CS)C2=O. The van der Waals surface area contributed by atoms with Crippen LogP contribution in [0.15, 0.2) is 57.8 Å². The summed E-state index contributed by atoms with van der Waals surface area (Å²) >= 11 is 4.28. The number of fused-ring (bicyclic) bond motifs is 3. The molecule has 44 heavy (non-hydrogen) atoms. The minimum atomic E-state index is -0.152. The van der Waals surface area contributed by atoms with Crippen LogP contribution in [0.25, 0.3) is 0 Å². The van der Waals surface area contributed by atoms with Gasteiger partial charge in [0.15, 0.2) is 23.0 Å². The van der Waals surface area contributed by atoms with E-state index < -0.39 is 0 Å². The summed E-state index contributed by atoms with van der Waals surface area (Å²) < 4.78 is 23.2. The molecule has 2 aromatic rings. The number of hydrogen-bond acceptors (Lipinski definition) is 9. The Labute approximate surface area is 263 Å². The molecule has 11 heteroatoms. The van der Waals surface area contributed by atoms with Gasteiger partial charge < -0.3 is 28.7 Å². The van der Waals surface area contributed by atoms with Crippen molar-refractivity contribution >= 4 is 48.2 Å². The summed E-state index contributed by atoms with van der Waals surface area (Å²) in [5, 5.41) is 0. The van der Waals surface area contributed by atoms with Gasteiger partial charge in [0.1, 0.15) is 0 Å². The third-order valence-corrected chi connectivity index (χ3v) is 8.09. The zero-order valence-corrected chi connectivity index (χ0v) is 26.4. The van der Waals surface area contributed by atoms with E-state index in [4.69, 9.17) is 18.9 Å². The van der Waals surface area contributed by atoms with Crippen LogP contribution in [0, 0.1) is 0 Å². The highest BCUT2D eigenvalue weighted by Crippen LogP contribution is 2.39. The lowest BCUT2D eigenvalue weighted by Crippen LogP contribution is -2.32. The summed E-state index contributed by atoms with van der Waals surface area (Å²) in [5.41, 5.74) is 4.21. The number of rotatable bonds is 12. The minimum Gasteiger partial charge on any atom is -0.493 e. The number of methoxy groups -OCH3 is 2. The molecule has 0 bridgehead atoms. The molecule has 3 aliphatic rings. The van der Waals surface area contributed by atoms with E-state index >= 15 is 0 Å². The second-order valence-electron chi connectivity index (χ2n) is 10.9. The Balaban J connectivity index is 1.14. The summed E-state index contributed by atoms with van der Waals surface area (Å²) in [6, 6.07) is 6.87. The van der Waals surface area contributed by atoms with Crippen molar-refractivity contribution in [3.63, 3.8) is 0 Å². The Morgan fingerprint density at radius 2 is 1.52 bits per heavy atom. The fourth-order valence-electron chi connectivity index (χ4n) is 5.28. The number of carbonyl (C=O) groups is 2. The molecule has 1 atom stereocenters. The number of thiol groups is 1. The van der Waals surface area contributed by atoms with Crippen LogP contribution in [-0.2, 0) is 0 Å². The van der Waals surface area contributed by atoms with Gasteiger partial charge in [-0.2, -0.15) is 12.6 Å². The van der Waals surface area contributed by atoms with Gasteiger partial charge in [-0.1, -0.05) is 5.57 Å². The highest BCUT2D eigenvalue weighted by Gasteiger charge is 2.32. The van der Waals surface area contributed by atoms with Crippen LogP contribution in [0.1, 0.15) is 60.2 Å². The fraction of sp³-hybridized carbons (Fsp3) is 0.394. The van der Waals surface area contributed by atoms with Crippen LogP contribution in [0.5, 0.6) is 23.0 Å². The maximum absolute atomic E-state index is 13.2. The first-order valence-corrected chi connectivity index (χ1v) is 15.3. The molecule has 0 aromatic heterocycles. The molecular formula is C33H38N4O6S. The zero-order valence-electron chi connectivity index (χ0n) is 25.5. The third kappa shape index (κ3) is 6.77. The lowest BCUT2D eigenvalue weighted by molar-refractivity contribution is 0.0815. The Morgan fingerprint density at radius 1 is 0.909 bits per heavy atom. The number of ether oxygens (including phenoxy) is 4. The molecule has 2 amide bonds. The van der Waals surface area contributed by atoms with Gasteiger partial charge in [0, 0.05) is 42.7 Å². The Bertz CT molecular complexity index is 1550. The second kappa shape index (κ2) is 14.0. The summed E-state index contributed by atoms with van der Waals surface area (Å²) in [7, 11) is 3.12. The predicted molar refractivity (Wildman–Crippen MR) is 174 cm³/mol. The number of unbranched alkanes of at least 4 members (excludes halogenated alkanes) is 2. The fourth-order valence-corrected chi connectivity index (χ4v) is 5.36. The first-order chi connectivity index (χ1) is 21.3. The normalized spacial score (nSPS) is 17.4. The molecule has 3 aliphatic heterocycles. The van der Waals surface area contributed by atoms with Crippen molar-refractivity contribution < 1.29 is 28.5 Å².